The van der Waals surface area contributed by atoms with Crippen LogP contribution in [0.5, 0.6) is 17.2 Å². The molecule has 0 spiro atoms. The molecule has 2 aromatic carbocycles. The molecular formula is C20H25NO4. The van der Waals surface area contributed by atoms with Crippen molar-refractivity contribution in [3.8, 4) is 17.2 Å². The van der Waals surface area contributed by atoms with E-state index in [-0.39, 0.29) is 12.0 Å². The van der Waals surface area contributed by atoms with Crippen molar-refractivity contribution in [1.82, 2.24) is 5.32 Å². The highest BCUT2D eigenvalue weighted by molar-refractivity contribution is 5.80. The minimum Gasteiger partial charge on any atom is -0.497 e. The largest absolute Gasteiger partial charge is 0.497 e. The fourth-order valence-corrected chi connectivity index (χ4v) is 2.27. The first-order chi connectivity index (χ1) is 12.0. The van der Waals surface area contributed by atoms with Crippen molar-refractivity contribution in [2.24, 2.45) is 0 Å². The number of benzene rings is 2. The van der Waals surface area contributed by atoms with Crippen LogP contribution in [0.4, 0.5) is 0 Å². The van der Waals surface area contributed by atoms with Crippen LogP contribution in [0.1, 0.15) is 26.3 Å². The lowest BCUT2D eigenvalue weighted by atomic mass is 10.2. The number of rotatable bonds is 8. The molecule has 0 heterocycles. The van der Waals surface area contributed by atoms with Crippen LogP contribution in [0.2, 0.25) is 0 Å². The topological polar surface area (TPSA) is 56.8 Å². The highest BCUT2D eigenvalue weighted by atomic mass is 16.5. The standard InChI is InChI=1S/C20H25NO4/c1-14(2)24-18-9-5-7-16(11-18)13-21-20(22)15(3)25-19-10-6-8-17(12-19)23-4/h5-12,14-15H,13H2,1-4H3,(H,21,22)/t15-/m1/s1. The van der Waals surface area contributed by atoms with Crippen molar-refractivity contribution in [2.75, 3.05) is 7.11 Å². The highest BCUT2D eigenvalue weighted by Crippen LogP contribution is 2.20. The first-order valence-electron chi connectivity index (χ1n) is 8.32. The van der Waals surface area contributed by atoms with Gasteiger partial charge in [0, 0.05) is 12.6 Å². The van der Waals surface area contributed by atoms with Gasteiger partial charge in [-0.25, -0.2) is 0 Å². The zero-order chi connectivity index (χ0) is 18.2. The normalized spacial score (nSPS) is 11.7. The monoisotopic (exact) mass is 343 g/mol. The fourth-order valence-electron chi connectivity index (χ4n) is 2.27. The molecule has 1 amide bonds. The summed E-state index contributed by atoms with van der Waals surface area (Å²) in [6, 6.07) is 14.9. The number of methoxy groups -OCH3 is 1. The number of carbonyl (C=O) groups excluding carboxylic acids is 1. The van der Waals surface area contributed by atoms with Crippen LogP contribution in [-0.4, -0.2) is 25.2 Å². The summed E-state index contributed by atoms with van der Waals surface area (Å²) in [5, 5.41) is 2.88. The summed E-state index contributed by atoms with van der Waals surface area (Å²) in [5.74, 6) is 1.89. The Balaban J connectivity index is 1.88. The number of carbonyl (C=O) groups is 1. The number of hydrogen-bond donors (Lipinski definition) is 1. The van der Waals surface area contributed by atoms with Crippen molar-refractivity contribution in [3.05, 3.63) is 54.1 Å². The molecule has 2 aromatic rings. The van der Waals surface area contributed by atoms with E-state index in [1.54, 1.807) is 26.2 Å². The Bertz CT molecular complexity index is 700. The summed E-state index contributed by atoms with van der Waals surface area (Å²) in [6.07, 6.45) is -0.497. The Kier molecular flexibility index (Phi) is 6.69. The van der Waals surface area contributed by atoms with E-state index in [0.717, 1.165) is 11.3 Å². The Morgan fingerprint density at radius 3 is 2.28 bits per heavy atom. The third-order valence-corrected chi connectivity index (χ3v) is 3.46. The van der Waals surface area contributed by atoms with Crippen LogP contribution in [0.25, 0.3) is 0 Å². The van der Waals surface area contributed by atoms with Gasteiger partial charge in [-0.1, -0.05) is 18.2 Å². The van der Waals surface area contributed by atoms with Crippen LogP contribution in [0, 0.1) is 0 Å². The maximum Gasteiger partial charge on any atom is 0.261 e. The molecule has 25 heavy (non-hydrogen) atoms. The minimum atomic E-state index is -0.609. The van der Waals surface area contributed by atoms with E-state index >= 15 is 0 Å². The van der Waals surface area contributed by atoms with Gasteiger partial charge in [-0.15, -0.1) is 0 Å². The van der Waals surface area contributed by atoms with Crippen LogP contribution in [0.3, 0.4) is 0 Å². The highest BCUT2D eigenvalue weighted by Gasteiger charge is 2.14. The summed E-state index contributed by atoms with van der Waals surface area (Å²) < 4.78 is 16.5. The maximum atomic E-state index is 12.2. The van der Waals surface area contributed by atoms with Gasteiger partial charge in [0.2, 0.25) is 0 Å². The third kappa shape index (κ3) is 6.03. The smallest absolute Gasteiger partial charge is 0.261 e. The van der Waals surface area contributed by atoms with E-state index in [4.69, 9.17) is 14.2 Å². The van der Waals surface area contributed by atoms with Gasteiger partial charge in [0.05, 0.1) is 13.2 Å². The second-order valence-corrected chi connectivity index (χ2v) is 5.97. The van der Waals surface area contributed by atoms with Gasteiger partial charge < -0.3 is 19.5 Å². The first-order valence-corrected chi connectivity index (χ1v) is 8.32. The summed E-state index contributed by atoms with van der Waals surface area (Å²) in [6.45, 7) is 6.09. The first kappa shape index (κ1) is 18.6. The van der Waals surface area contributed by atoms with E-state index in [1.165, 1.54) is 0 Å². The third-order valence-electron chi connectivity index (χ3n) is 3.46. The Labute approximate surface area is 148 Å². The van der Waals surface area contributed by atoms with E-state index in [9.17, 15) is 4.79 Å². The molecule has 0 unspecified atom stereocenters. The summed E-state index contributed by atoms with van der Waals surface area (Å²) in [7, 11) is 1.59. The van der Waals surface area contributed by atoms with Crippen molar-refractivity contribution in [2.45, 2.75) is 39.5 Å². The molecule has 0 radical (unpaired) electrons. The fraction of sp³-hybridized carbons (Fsp3) is 0.350. The SMILES string of the molecule is COc1cccc(O[C@H](C)C(=O)NCc2cccc(OC(C)C)c2)c1. The second-order valence-electron chi connectivity index (χ2n) is 5.97. The second kappa shape index (κ2) is 8.97. The van der Waals surface area contributed by atoms with Crippen LogP contribution in [-0.2, 0) is 11.3 Å². The summed E-state index contributed by atoms with van der Waals surface area (Å²) in [5.41, 5.74) is 0.972. The zero-order valence-corrected chi connectivity index (χ0v) is 15.1. The molecule has 134 valence electrons. The van der Waals surface area contributed by atoms with Crippen LogP contribution >= 0.6 is 0 Å². The number of amides is 1. The predicted octanol–water partition coefficient (Wildman–Crippen LogP) is 3.57. The van der Waals surface area contributed by atoms with Crippen molar-refractivity contribution < 1.29 is 19.0 Å². The van der Waals surface area contributed by atoms with Gasteiger partial charge in [0.25, 0.3) is 5.91 Å². The Morgan fingerprint density at radius 1 is 0.960 bits per heavy atom. The molecule has 0 aliphatic carbocycles. The van der Waals surface area contributed by atoms with Gasteiger partial charge >= 0.3 is 0 Å². The van der Waals surface area contributed by atoms with Crippen molar-refractivity contribution in [3.63, 3.8) is 0 Å². The Hall–Kier alpha value is -2.69. The number of hydrogen-bond acceptors (Lipinski definition) is 4. The molecule has 0 aromatic heterocycles. The average molecular weight is 343 g/mol. The summed E-state index contributed by atoms with van der Waals surface area (Å²) in [4.78, 5) is 12.2. The lowest BCUT2D eigenvalue weighted by Crippen LogP contribution is -2.35. The minimum absolute atomic E-state index is 0.112. The molecule has 1 N–H and O–H groups in total. The molecule has 0 aliphatic heterocycles. The van der Waals surface area contributed by atoms with Gasteiger partial charge in [-0.3, -0.25) is 4.79 Å². The van der Waals surface area contributed by atoms with Gasteiger partial charge in [0.1, 0.15) is 17.2 Å². The molecule has 0 saturated carbocycles. The summed E-state index contributed by atoms with van der Waals surface area (Å²) >= 11 is 0. The lowest BCUT2D eigenvalue weighted by molar-refractivity contribution is -0.127. The van der Waals surface area contributed by atoms with E-state index in [1.807, 2.05) is 50.2 Å². The van der Waals surface area contributed by atoms with Gasteiger partial charge in [-0.2, -0.15) is 0 Å². The lowest BCUT2D eigenvalue weighted by Gasteiger charge is -2.16. The predicted molar refractivity (Wildman–Crippen MR) is 97.1 cm³/mol. The molecule has 1 atom stereocenters. The van der Waals surface area contributed by atoms with Crippen molar-refractivity contribution in [1.29, 1.82) is 0 Å². The molecule has 0 aliphatic rings. The zero-order valence-electron chi connectivity index (χ0n) is 15.1. The molecule has 2 rings (SSSR count). The van der Waals surface area contributed by atoms with Crippen LogP contribution in [0.15, 0.2) is 48.5 Å². The average Bonchev–Trinajstić information content (AvgIpc) is 2.59. The van der Waals surface area contributed by atoms with Crippen molar-refractivity contribution >= 4 is 5.91 Å². The van der Waals surface area contributed by atoms with Gasteiger partial charge in [-0.05, 0) is 50.6 Å². The quantitative estimate of drug-likeness (QED) is 0.796. The molecule has 5 nitrogen and oxygen atoms in total. The van der Waals surface area contributed by atoms with E-state index in [0.29, 0.717) is 18.0 Å². The molecule has 5 heteroatoms. The maximum absolute atomic E-state index is 12.2. The molecule has 0 saturated heterocycles. The molecule has 0 bridgehead atoms. The Morgan fingerprint density at radius 2 is 1.60 bits per heavy atom. The molecule has 0 fully saturated rings. The number of ether oxygens (including phenoxy) is 3. The van der Waals surface area contributed by atoms with E-state index in [2.05, 4.69) is 5.32 Å². The van der Waals surface area contributed by atoms with Crippen LogP contribution < -0.4 is 19.5 Å². The van der Waals surface area contributed by atoms with Gasteiger partial charge in [0.15, 0.2) is 6.10 Å². The number of nitrogens with one attached hydrogen (secondary N) is 1. The van der Waals surface area contributed by atoms with E-state index < -0.39 is 6.10 Å². The molecular weight excluding hydrogens is 318 g/mol.